The van der Waals surface area contributed by atoms with E-state index in [1.54, 1.807) is 13.0 Å². The molecule has 2 aromatic rings. The molecule has 2 aromatic carbocycles. The number of carbonyl (C=O) groups is 1. The third-order valence-electron chi connectivity index (χ3n) is 2.69. The van der Waals surface area contributed by atoms with Gasteiger partial charge in [-0.3, -0.25) is 4.79 Å². The van der Waals surface area contributed by atoms with Gasteiger partial charge in [0.2, 0.25) is 5.91 Å². The maximum absolute atomic E-state index is 11.4. The predicted molar refractivity (Wildman–Crippen MR) is 80.7 cm³/mol. The van der Waals surface area contributed by atoms with E-state index in [1.165, 1.54) is 6.08 Å². The molecule has 0 bridgehead atoms. The molecule has 3 nitrogen and oxygen atoms in total. The minimum Gasteiger partial charge on any atom is -0.489 e. The van der Waals surface area contributed by atoms with Gasteiger partial charge in [-0.2, -0.15) is 0 Å². The Labute approximate surface area is 118 Å². The Hall–Kier alpha value is -2.55. The third kappa shape index (κ3) is 4.28. The van der Waals surface area contributed by atoms with E-state index in [2.05, 4.69) is 5.32 Å². The summed E-state index contributed by atoms with van der Waals surface area (Å²) in [5, 5.41) is 2.76. The normalized spacial score (nSPS) is 10.4. The molecule has 0 heterocycles. The molecule has 0 spiro atoms. The number of anilines is 1. The van der Waals surface area contributed by atoms with Crippen LogP contribution in [0.15, 0.2) is 66.7 Å². The zero-order valence-corrected chi connectivity index (χ0v) is 11.4. The molecule has 0 saturated heterocycles. The minimum absolute atomic E-state index is 0.134. The van der Waals surface area contributed by atoms with E-state index in [1.807, 2.05) is 54.6 Å². The molecule has 0 aliphatic heterocycles. The van der Waals surface area contributed by atoms with Gasteiger partial charge in [-0.25, -0.2) is 0 Å². The Morgan fingerprint density at radius 1 is 1.10 bits per heavy atom. The summed E-state index contributed by atoms with van der Waals surface area (Å²) in [4.78, 5) is 11.4. The van der Waals surface area contributed by atoms with Crippen molar-refractivity contribution in [3.8, 4) is 5.75 Å². The lowest BCUT2D eigenvalue weighted by Gasteiger charge is -2.07. The molecule has 102 valence electrons. The van der Waals surface area contributed by atoms with Gasteiger partial charge in [0.1, 0.15) is 12.4 Å². The highest BCUT2D eigenvalue weighted by Gasteiger charge is 1.99. The van der Waals surface area contributed by atoms with Crippen molar-refractivity contribution in [2.75, 3.05) is 5.32 Å². The van der Waals surface area contributed by atoms with Crippen molar-refractivity contribution >= 4 is 11.6 Å². The van der Waals surface area contributed by atoms with Gasteiger partial charge in [-0.15, -0.1) is 0 Å². The maximum atomic E-state index is 11.4. The standard InChI is InChI=1S/C17H17NO2/c1-2-6-17(19)18-15-9-11-16(12-10-15)20-13-14-7-4-3-5-8-14/h2-12H,13H2,1H3,(H,18,19)/b6-2+. The van der Waals surface area contributed by atoms with Crippen LogP contribution in [-0.2, 0) is 11.4 Å². The van der Waals surface area contributed by atoms with Crippen LogP contribution in [0.2, 0.25) is 0 Å². The van der Waals surface area contributed by atoms with Crippen LogP contribution in [0, 0.1) is 0 Å². The summed E-state index contributed by atoms with van der Waals surface area (Å²) in [6.45, 7) is 2.34. The largest absolute Gasteiger partial charge is 0.489 e. The summed E-state index contributed by atoms with van der Waals surface area (Å²) in [5.41, 5.74) is 1.87. The van der Waals surface area contributed by atoms with Crippen molar-refractivity contribution in [3.05, 3.63) is 72.3 Å². The summed E-state index contributed by atoms with van der Waals surface area (Å²) in [7, 11) is 0. The first kappa shape index (κ1) is 13.9. The molecule has 0 unspecified atom stereocenters. The molecule has 0 aromatic heterocycles. The maximum Gasteiger partial charge on any atom is 0.248 e. The second-order valence-corrected chi connectivity index (χ2v) is 4.29. The van der Waals surface area contributed by atoms with Crippen molar-refractivity contribution in [1.29, 1.82) is 0 Å². The van der Waals surface area contributed by atoms with Gasteiger partial charge in [0.05, 0.1) is 0 Å². The van der Waals surface area contributed by atoms with Gasteiger partial charge < -0.3 is 10.1 Å². The lowest BCUT2D eigenvalue weighted by molar-refractivity contribution is -0.111. The highest BCUT2D eigenvalue weighted by molar-refractivity contribution is 5.99. The SMILES string of the molecule is C/C=C/C(=O)Nc1ccc(OCc2ccccc2)cc1. The molecule has 0 aliphatic carbocycles. The fourth-order valence-corrected chi connectivity index (χ4v) is 1.71. The molecule has 0 atom stereocenters. The van der Waals surface area contributed by atoms with Crippen molar-refractivity contribution in [3.63, 3.8) is 0 Å². The molecule has 0 saturated carbocycles. The number of carbonyl (C=O) groups excluding carboxylic acids is 1. The molecule has 2 rings (SSSR count). The predicted octanol–water partition coefficient (Wildman–Crippen LogP) is 3.78. The Morgan fingerprint density at radius 2 is 1.80 bits per heavy atom. The first-order valence-corrected chi connectivity index (χ1v) is 6.48. The van der Waals surface area contributed by atoms with Gasteiger partial charge in [0.15, 0.2) is 0 Å². The number of benzene rings is 2. The van der Waals surface area contributed by atoms with E-state index >= 15 is 0 Å². The molecular weight excluding hydrogens is 250 g/mol. The lowest BCUT2D eigenvalue weighted by atomic mass is 10.2. The Kier molecular flexibility index (Phi) is 4.95. The van der Waals surface area contributed by atoms with Crippen molar-refractivity contribution in [2.45, 2.75) is 13.5 Å². The van der Waals surface area contributed by atoms with Crippen LogP contribution >= 0.6 is 0 Å². The van der Waals surface area contributed by atoms with Crippen LogP contribution < -0.4 is 10.1 Å². The van der Waals surface area contributed by atoms with Crippen LogP contribution in [0.25, 0.3) is 0 Å². The number of nitrogens with one attached hydrogen (secondary N) is 1. The molecule has 1 amide bonds. The number of amides is 1. The molecule has 3 heteroatoms. The fraction of sp³-hybridized carbons (Fsp3) is 0.118. The van der Waals surface area contributed by atoms with E-state index in [0.29, 0.717) is 6.61 Å². The highest BCUT2D eigenvalue weighted by atomic mass is 16.5. The molecule has 0 fully saturated rings. The van der Waals surface area contributed by atoms with Crippen LogP contribution in [-0.4, -0.2) is 5.91 Å². The second-order valence-electron chi connectivity index (χ2n) is 4.29. The monoisotopic (exact) mass is 267 g/mol. The fourth-order valence-electron chi connectivity index (χ4n) is 1.71. The van der Waals surface area contributed by atoms with Crippen LogP contribution in [0.1, 0.15) is 12.5 Å². The van der Waals surface area contributed by atoms with Gasteiger partial charge in [0, 0.05) is 5.69 Å². The smallest absolute Gasteiger partial charge is 0.248 e. The van der Waals surface area contributed by atoms with Crippen molar-refractivity contribution in [2.24, 2.45) is 0 Å². The summed E-state index contributed by atoms with van der Waals surface area (Å²) in [5.74, 6) is 0.642. The van der Waals surface area contributed by atoms with Crippen molar-refractivity contribution < 1.29 is 9.53 Å². The zero-order chi connectivity index (χ0) is 14.2. The Bertz CT molecular complexity index is 574. The average Bonchev–Trinajstić information content (AvgIpc) is 2.48. The zero-order valence-electron chi connectivity index (χ0n) is 11.4. The Balaban J connectivity index is 1.90. The molecule has 20 heavy (non-hydrogen) atoms. The van der Waals surface area contributed by atoms with Crippen molar-refractivity contribution in [1.82, 2.24) is 0 Å². The van der Waals surface area contributed by atoms with Crippen LogP contribution in [0.3, 0.4) is 0 Å². The van der Waals surface area contributed by atoms with E-state index in [4.69, 9.17) is 4.74 Å². The number of hydrogen-bond acceptors (Lipinski definition) is 2. The first-order chi connectivity index (χ1) is 9.78. The van der Waals surface area contributed by atoms with E-state index < -0.39 is 0 Å². The summed E-state index contributed by atoms with van der Waals surface area (Å²) in [6.07, 6.45) is 3.19. The topological polar surface area (TPSA) is 38.3 Å². The molecular formula is C17H17NO2. The van der Waals surface area contributed by atoms with Gasteiger partial charge >= 0.3 is 0 Å². The number of allylic oxidation sites excluding steroid dienone is 1. The van der Waals surface area contributed by atoms with Gasteiger partial charge in [-0.05, 0) is 42.8 Å². The first-order valence-electron chi connectivity index (χ1n) is 6.48. The van der Waals surface area contributed by atoms with Crippen LogP contribution in [0.5, 0.6) is 5.75 Å². The number of rotatable bonds is 5. The highest BCUT2D eigenvalue weighted by Crippen LogP contribution is 2.17. The molecule has 0 aliphatic rings. The summed E-state index contributed by atoms with van der Waals surface area (Å²) in [6, 6.07) is 17.3. The Morgan fingerprint density at radius 3 is 2.45 bits per heavy atom. The second kappa shape index (κ2) is 7.14. The van der Waals surface area contributed by atoms with E-state index in [9.17, 15) is 4.79 Å². The number of ether oxygens (including phenoxy) is 1. The quantitative estimate of drug-likeness (QED) is 0.837. The minimum atomic E-state index is -0.134. The number of hydrogen-bond donors (Lipinski definition) is 1. The molecule has 1 N–H and O–H groups in total. The van der Waals surface area contributed by atoms with Gasteiger partial charge in [0.25, 0.3) is 0 Å². The summed E-state index contributed by atoms with van der Waals surface area (Å²) >= 11 is 0. The third-order valence-corrected chi connectivity index (χ3v) is 2.69. The van der Waals surface area contributed by atoms with Gasteiger partial charge in [-0.1, -0.05) is 36.4 Å². The average molecular weight is 267 g/mol. The lowest BCUT2D eigenvalue weighted by Crippen LogP contribution is -2.07. The van der Waals surface area contributed by atoms with Crippen LogP contribution in [0.4, 0.5) is 5.69 Å². The van der Waals surface area contributed by atoms with E-state index in [0.717, 1.165) is 17.0 Å². The van der Waals surface area contributed by atoms with E-state index in [-0.39, 0.29) is 5.91 Å². The summed E-state index contributed by atoms with van der Waals surface area (Å²) < 4.78 is 5.67. The molecule has 0 radical (unpaired) electrons.